The second kappa shape index (κ2) is 9.87. The van der Waals surface area contributed by atoms with E-state index in [1.165, 1.54) is 19.3 Å². The summed E-state index contributed by atoms with van der Waals surface area (Å²) in [5, 5.41) is 8.14. The number of aromatic nitrogens is 1. The van der Waals surface area contributed by atoms with E-state index < -0.39 is 12.1 Å². The molecule has 0 aliphatic carbocycles. The molecular weight excluding hydrogens is 426 g/mol. The number of halogens is 1. The molecule has 1 aliphatic rings. The van der Waals surface area contributed by atoms with Crippen molar-refractivity contribution in [2.45, 2.75) is 31.7 Å². The van der Waals surface area contributed by atoms with Crippen molar-refractivity contribution in [1.29, 1.82) is 0 Å². The number of benzene rings is 2. The largest absolute Gasteiger partial charge is 0.371 e. The molecule has 0 spiro atoms. The van der Waals surface area contributed by atoms with Gasteiger partial charge in [-0.3, -0.25) is 9.78 Å². The Morgan fingerprint density at radius 2 is 1.78 bits per heavy atom. The zero-order valence-electron chi connectivity index (χ0n) is 17.7. The first-order valence-electron chi connectivity index (χ1n) is 10.7. The highest BCUT2D eigenvalue weighted by Gasteiger charge is 2.20. The summed E-state index contributed by atoms with van der Waals surface area (Å²) in [6.07, 6.45) is 7.21. The molecule has 0 radical (unpaired) electrons. The molecule has 3 aromatic rings. The number of amides is 3. The van der Waals surface area contributed by atoms with Crippen molar-refractivity contribution in [1.82, 2.24) is 10.3 Å². The lowest BCUT2D eigenvalue weighted by atomic mass is 10.0. The van der Waals surface area contributed by atoms with E-state index in [9.17, 15) is 9.59 Å². The number of nitrogens with zero attached hydrogens (tertiary/aromatic N) is 2. The highest BCUT2D eigenvalue weighted by atomic mass is 35.5. The second-order valence-corrected chi connectivity index (χ2v) is 8.40. The summed E-state index contributed by atoms with van der Waals surface area (Å²) in [4.78, 5) is 31.1. The van der Waals surface area contributed by atoms with Crippen molar-refractivity contribution in [2.24, 2.45) is 5.73 Å². The van der Waals surface area contributed by atoms with Gasteiger partial charge in [-0.1, -0.05) is 23.7 Å². The minimum absolute atomic E-state index is 0.0280. The number of nitrogens with two attached hydrogens (primary N) is 1. The Morgan fingerprint density at radius 1 is 1.03 bits per heavy atom. The van der Waals surface area contributed by atoms with E-state index in [-0.39, 0.29) is 12.3 Å². The van der Waals surface area contributed by atoms with Crippen LogP contribution in [0.3, 0.4) is 0 Å². The number of fused-ring (bicyclic) bond motifs is 1. The Bertz CT molecular complexity index is 1110. The van der Waals surface area contributed by atoms with Crippen LogP contribution in [-0.2, 0) is 4.79 Å². The monoisotopic (exact) mass is 451 g/mol. The van der Waals surface area contributed by atoms with Gasteiger partial charge in [0.05, 0.1) is 18.2 Å². The summed E-state index contributed by atoms with van der Waals surface area (Å²) >= 11 is 5.96. The van der Waals surface area contributed by atoms with Crippen LogP contribution in [0.15, 0.2) is 54.9 Å². The van der Waals surface area contributed by atoms with Crippen molar-refractivity contribution in [2.75, 3.05) is 23.3 Å². The molecule has 1 fully saturated rings. The van der Waals surface area contributed by atoms with Gasteiger partial charge in [0, 0.05) is 47.0 Å². The van der Waals surface area contributed by atoms with Crippen LogP contribution in [0.25, 0.3) is 10.8 Å². The number of urea groups is 1. The molecule has 166 valence electrons. The SMILES string of the molecule is NC(=O)NC(CC(=O)Nc1ccc(N2CCCCC2)c2ccncc12)c1ccc(Cl)cc1. The van der Waals surface area contributed by atoms with Gasteiger partial charge in [-0.2, -0.15) is 0 Å². The third kappa shape index (κ3) is 5.11. The van der Waals surface area contributed by atoms with Crippen LogP contribution in [0.2, 0.25) is 5.02 Å². The molecule has 1 atom stereocenters. The summed E-state index contributed by atoms with van der Waals surface area (Å²) in [5.41, 5.74) is 7.93. The average molecular weight is 452 g/mol. The summed E-state index contributed by atoms with van der Waals surface area (Å²) in [7, 11) is 0. The Kier molecular flexibility index (Phi) is 6.75. The summed E-state index contributed by atoms with van der Waals surface area (Å²) in [6, 6.07) is 11.7. The highest BCUT2D eigenvalue weighted by Crippen LogP contribution is 2.33. The number of rotatable bonds is 6. The van der Waals surface area contributed by atoms with Crippen molar-refractivity contribution >= 4 is 45.7 Å². The molecule has 8 heteroatoms. The van der Waals surface area contributed by atoms with Gasteiger partial charge in [0.25, 0.3) is 0 Å². The predicted molar refractivity (Wildman–Crippen MR) is 128 cm³/mol. The van der Waals surface area contributed by atoms with E-state index in [0.717, 1.165) is 35.1 Å². The highest BCUT2D eigenvalue weighted by molar-refractivity contribution is 6.30. The number of primary amides is 1. The Labute approximate surface area is 191 Å². The van der Waals surface area contributed by atoms with Crippen molar-refractivity contribution in [3.63, 3.8) is 0 Å². The van der Waals surface area contributed by atoms with Gasteiger partial charge in [0.1, 0.15) is 0 Å². The van der Waals surface area contributed by atoms with E-state index in [1.807, 2.05) is 12.1 Å². The number of nitrogens with one attached hydrogen (secondary N) is 2. The molecule has 32 heavy (non-hydrogen) atoms. The lowest BCUT2D eigenvalue weighted by Crippen LogP contribution is -2.35. The standard InChI is InChI=1S/C24H26ClN5O2/c25-17-6-4-16(5-7-17)21(29-24(26)32)14-23(31)28-20-8-9-22(30-12-2-1-3-13-30)18-10-11-27-15-19(18)20/h4-11,15,21H,1-3,12-14H2,(H,28,31)(H3,26,29,32). The lowest BCUT2D eigenvalue weighted by Gasteiger charge is -2.30. The van der Waals surface area contributed by atoms with Crippen LogP contribution in [0.1, 0.15) is 37.3 Å². The van der Waals surface area contributed by atoms with Crippen LogP contribution < -0.4 is 21.3 Å². The van der Waals surface area contributed by atoms with Gasteiger partial charge in [-0.25, -0.2) is 4.79 Å². The van der Waals surface area contributed by atoms with E-state index >= 15 is 0 Å². The first-order valence-corrected chi connectivity index (χ1v) is 11.1. The van der Waals surface area contributed by atoms with Crippen molar-refractivity contribution < 1.29 is 9.59 Å². The summed E-state index contributed by atoms with van der Waals surface area (Å²) < 4.78 is 0. The summed E-state index contributed by atoms with van der Waals surface area (Å²) in [6.45, 7) is 2.06. The normalized spacial score (nSPS) is 14.7. The van der Waals surface area contributed by atoms with Crippen LogP contribution in [0.5, 0.6) is 0 Å². The molecule has 1 unspecified atom stereocenters. The Hall–Kier alpha value is -3.32. The maximum absolute atomic E-state index is 12.9. The van der Waals surface area contributed by atoms with Crippen molar-refractivity contribution in [3.8, 4) is 0 Å². The third-order valence-electron chi connectivity index (χ3n) is 5.74. The summed E-state index contributed by atoms with van der Waals surface area (Å²) in [5.74, 6) is -0.241. The van der Waals surface area contributed by atoms with Crippen LogP contribution in [-0.4, -0.2) is 30.0 Å². The van der Waals surface area contributed by atoms with E-state index in [4.69, 9.17) is 17.3 Å². The number of hydrogen-bond donors (Lipinski definition) is 3. The maximum atomic E-state index is 12.9. The molecule has 7 nitrogen and oxygen atoms in total. The third-order valence-corrected chi connectivity index (χ3v) is 6.00. The minimum Gasteiger partial charge on any atom is -0.371 e. The van der Waals surface area contributed by atoms with Crippen LogP contribution >= 0.6 is 11.6 Å². The fourth-order valence-electron chi connectivity index (χ4n) is 4.20. The van der Waals surface area contributed by atoms with Crippen LogP contribution in [0, 0.1) is 0 Å². The molecule has 2 aromatic carbocycles. The van der Waals surface area contributed by atoms with E-state index in [1.54, 1.807) is 36.7 Å². The Morgan fingerprint density at radius 3 is 2.50 bits per heavy atom. The molecular formula is C24H26ClN5O2. The molecule has 1 saturated heterocycles. The molecule has 1 aliphatic heterocycles. The lowest BCUT2D eigenvalue weighted by molar-refractivity contribution is -0.116. The number of piperidine rings is 1. The minimum atomic E-state index is -0.696. The fourth-order valence-corrected chi connectivity index (χ4v) is 4.33. The van der Waals surface area contributed by atoms with Gasteiger partial charge in [-0.05, 0) is 55.2 Å². The van der Waals surface area contributed by atoms with Crippen molar-refractivity contribution in [3.05, 3.63) is 65.4 Å². The van der Waals surface area contributed by atoms with Gasteiger partial charge in [-0.15, -0.1) is 0 Å². The first-order chi connectivity index (χ1) is 15.5. The first kappa shape index (κ1) is 21.9. The van der Waals surface area contributed by atoms with Gasteiger partial charge in [0.15, 0.2) is 0 Å². The zero-order valence-corrected chi connectivity index (χ0v) is 18.4. The van der Waals surface area contributed by atoms with Gasteiger partial charge < -0.3 is 21.3 Å². The average Bonchev–Trinajstić information content (AvgIpc) is 2.79. The van der Waals surface area contributed by atoms with Crippen LogP contribution in [0.4, 0.5) is 16.2 Å². The fraction of sp³-hybridized carbons (Fsp3) is 0.292. The number of carbonyl (C=O) groups is 2. The second-order valence-electron chi connectivity index (χ2n) is 7.97. The quantitative estimate of drug-likeness (QED) is 0.509. The Balaban J connectivity index is 1.56. The molecule has 3 amide bonds. The van der Waals surface area contributed by atoms with Gasteiger partial charge >= 0.3 is 6.03 Å². The molecule has 0 bridgehead atoms. The number of carbonyl (C=O) groups excluding carboxylic acids is 2. The molecule has 0 saturated carbocycles. The topological polar surface area (TPSA) is 100 Å². The van der Waals surface area contributed by atoms with E-state index in [0.29, 0.717) is 10.7 Å². The molecule has 4 N–H and O–H groups in total. The zero-order chi connectivity index (χ0) is 22.5. The molecule has 1 aromatic heterocycles. The van der Waals surface area contributed by atoms with Gasteiger partial charge in [0.2, 0.25) is 5.91 Å². The van der Waals surface area contributed by atoms with E-state index in [2.05, 4.69) is 26.6 Å². The smallest absolute Gasteiger partial charge is 0.312 e. The number of hydrogen-bond acceptors (Lipinski definition) is 4. The molecule has 4 rings (SSSR count). The predicted octanol–water partition coefficient (Wildman–Crippen LogP) is 4.62. The number of anilines is 2. The maximum Gasteiger partial charge on any atom is 0.312 e. The number of pyridine rings is 1. The molecule has 2 heterocycles.